The van der Waals surface area contributed by atoms with E-state index in [-0.39, 0.29) is 24.4 Å². The van der Waals surface area contributed by atoms with Crippen LogP contribution in [-0.2, 0) is 16.1 Å². The van der Waals surface area contributed by atoms with Gasteiger partial charge in [-0.25, -0.2) is 0 Å². The largest absolute Gasteiger partial charge is 0.347 e. The number of hydrogen-bond acceptors (Lipinski definition) is 5. The maximum atomic E-state index is 12.0. The van der Waals surface area contributed by atoms with Crippen molar-refractivity contribution in [1.29, 1.82) is 0 Å². The number of tetrazole rings is 1. The molecule has 0 radical (unpaired) electrons. The number of rotatable bonds is 3. The Kier molecular flexibility index (Phi) is 3.85. The second-order valence-electron chi connectivity index (χ2n) is 4.27. The lowest BCUT2D eigenvalue weighted by Gasteiger charge is -2.33. The predicted octanol–water partition coefficient (Wildman–Crippen LogP) is -0.783. The Morgan fingerprint density at radius 3 is 3.00 bits per heavy atom. The molecule has 8 heteroatoms. The SMILES string of the molecule is CC(=O)N1CCCC[C@H]1C(=O)NCc1nn[nH]n1. The molecule has 2 amide bonds. The van der Waals surface area contributed by atoms with Crippen molar-refractivity contribution in [3.8, 4) is 0 Å². The van der Waals surface area contributed by atoms with Crippen molar-refractivity contribution in [2.24, 2.45) is 0 Å². The lowest BCUT2D eigenvalue weighted by molar-refractivity contribution is -0.140. The van der Waals surface area contributed by atoms with E-state index in [1.165, 1.54) is 6.92 Å². The predicted molar refractivity (Wildman–Crippen MR) is 61.1 cm³/mol. The van der Waals surface area contributed by atoms with Crippen LogP contribution in [0, 0.1) is 0 Å². The quantitative estimate of drug-likeness (QED) is 0.734. The first-order valence-corrected chi connectivity index (χ1v) is 5.95. The van der Waals surface area contributed by atoms with E-state index in [0.717, 1.165) is 12.8 Å². The smallest absolute Gasteiger partial charge is 0.243 e. The van der Waals surface area contributed by atoms with Crippen LogP contribution in [0.5, 0.6) is 0 Å². The summed E-state index contributed by atoms with van der Waals surface area (Å²) in [4.78, 5) is 25.1. The zero-order chi connectivity index (χ0) is 13.0. The Morgan fingerprint density at radius 2 is 2.33 bits per heavy atom. The van der Waals surface area contributed by atoms with Gasteiger partial charge in [0.2, 0.25) is 11.8 Å². The molecule has 1 aliphatic heterocycles. The molecule has 1 aromatic rings. The third-order valence-corrected chi connectivity index (χ3v) is 3.02. The summed E-state index contributed by atoms with van der Waals surface area (Å²) in [5.74, 6) is 0.206. The van der Waals surface area contributed by atoms with Gasteiger partial charge in [0.15, 0.2) is 5.82 Å². The standard InChI is InChI=1S/C10H16N6O2/c1-7(17)16-5-3-2-4-8(16)10(18)11-6-9-12-14-15-13-9/h8H,2-6H2,1H3,(H,11,18)(H,12,13,14,15)/t8-/m0/s1. The summed E-state index contributed by atoms with van der Waals surface area (Å²) in [5.41, 5.74) is 0. The minimum atomic E-state index is -0.372. The van der Waals surface area contributed by atoms with Crippen molar-refractivity contribution < 1.29 is 9.59 Å². The summed E-state index contributed by atoms with van der Waals surface area (Å²) in [7, 11) is 0. The Balaban J connectivity index is 1.92. The van der Waals surface area contributed by atoms with Crippen LogP contribution in [-0.4, -0.2) is 49.9 Å². The number of aromatic nitrogens is 4. The monoisotopic (exact) mass is 252 g/mol. The molecule has 1 atom stereocenters. The summed E-state index contributed by atoms with van der Waals surface area (Å²) >= 11 is 0. The maximum Gasteiger partial charge on any atom is 0.243 e. The van der Waals surface area contributed by atoms with Gasteiger partial charge < -0.3 is 10.2 Å². The van der Waals surface area contributed by atoms with E-state index in [0.29, 0.717) is 18.8 Å². The molecule has 98 valence electrons. The van der Waals surface area contributed by atoms with Gasteiger partial charge in [0, 0.05) is 13.5 Å². The molecule has 18 heavy (non-hydrogen) atoms. The molecule has 0 unspecified atom stereocenters. The maximum absolute atomic E-state index is 12.0. The highest BCUT2D eigenvalue weighted by Crippen LogP contribution is 2.17. The molecule has 1 aliphatic rings. The molecule has 2 heterocycles. The fraction of sp³-hybridized carbons (Fsp3) is 0.700. The molecule has 1 saturated heterocycles. The molecule has 0 bridgehead atoms. The number of H-pyrrole nitrogens is 1. The Labute approximate surface area is 104 Å². The van der Waals surface area contributed by atoms with Crippen LogP contribution in [0.1, 0.15) is 32.0 Å². The number of piperidine rings is 1. The van der Waals surface area contributed by atoms with Gasteiger partial charge in [-0.1, -0.05) is 5.21 Å². The summed E-state index contributed by atoms with van der Waals surface area (Å²) in [6.07, 6.45) is 2.62. The highest BCUT2D eigenvalue weighted by Gasteiger charge is 2.30. The van der Waals surface area contributed by atoms with Crippen LogP contribution >= 0.6 is 0 Å². The van der Waals surface area contributed by atoms with Crippen molar-refractivity contribution in [3.63, 3.8) is 0 Å². The number of nitrogens with zero attached hydrogens (tertiary/aromatic N) is 4. The van der Waals surface area contributed by atoms with E-state index >= 15 is 0 Å². The van der Waals surface area contributed by atoms with E-state index in [4.69, 9.17) is 0 Å². The Morgan fingerprint density at radius 1 is 1.50 bits per heavy atom. The minimum Gasteiger partial charge on any atom is -0.347 e. The number of nitrogens with one attached hydrogen (secondary N) is 2. The summed E-state index contributed by atoms with van der Waals surface area (Å²) in [6.45, 7) is 2.36. The number of aromatic amines is 1. The normalized spacial score (nSPS) is 19.6. The molecular formula is C10H16N6O2. The third-order valence-electron chi connectivity index (χ3n) is 3.02. The van der Waals surface area contributed by atoms with Crippen LogP contribution < -0.4 is 5.32 Å². The Hall–Kier alpha value is -1.99. The van der Waals surface area contributed by atoms with E-state index in [9.17, 15) is 9.59 Å². The van der Waals surface area contributed by atoms with Gasteiger partial charge in [0.1, 0.15) is 6.04 Å². The van der Waals surface area contributed by atoms with Gasteiger partial charge in [-0.15, -0.1) is 10.2 Å². The molecule has 0 aliphatic carbocycles. The summed E-state index contributed by atoms with van der Waals surface area (Å²) in [5, 5.41) is 15.9. The van der Waals surface area contributed by atoms with Gasteiger partial charge in [0.25, 0.3) is 0 Å². The highest BCUT2D eigenvalue weighted by atomic mass is 16.2. The van der Waals surface area contributed by atoms with Crippen molar-refractivity contribution in [3.05, 3.63) is 5.82 Å². The zero-order valence-corrected chi connectivity index (χ0v) is 10.2. The lowest BCUT2D eigenvalue weighted by Crippen LogP contribution is -2.51. The molecule has 0 saturated carbocycles. The topological polar surface area (TPSA) is 104 Å². The average Bonchev–Trinajstić information content (AvgIpc) is 2.89. The van der Waals surface area contributed by atoms with Crippen molar-refractivity contribution in [2.45, 2.75) is 38.8 Å². The molecule has 0 aromatic carbocycles. The van der Waals surface area contributed by atoms with E-state index in [1.807, 2.05) is 0 Å². The number of carbonyl (C=O) groups is 2. The van der Waals surface area contributed by atoms with Crippen LogP contribution in [0.2, 0.25) is 0 Å². The molecule has 2 N–H and O–H groups in total. The Bertz CT molecular complexity index is 418. The summed E-state index contributed by atoms with van der Waals surface area (Å²) < 4.78 is 0. The van der Waals surface area contributed by atoms with Gasteiger partial charge in [-0.05, 0) is 19.3 Å². The molecule has 1 fully saturated rings. The van der Waals surface area contributed by atoms with Gasteiger partial charge in [0.05, 0.1) is 6.54 Å². The van der Waals surface area contributed by atoms with Crippen molar-refractivity contribution in [2.75, 3.05) is 6.54 Å². The van der Waals surface area contributed by atoms with Crippen molar-refractivity contribution in [1.82, 2.24) is 30.8 Å². The fourth-order valence-corrected chi connectivity index (χ4v) is 2.12. The van der Waals surface area contributed by atoms with Crippen molar-refractivity contribution >= 4 is 11.8 Å². The molecular weight excluding hydrogens is 236 g/mol. The first kappa shape index (κ1) is 12.5. The number of hydrogen-bond donors (Lipinski definition) is 2. The number of amides is 2. The molecule has 1 aromatic heterocycles. The van der Waals surface area contributed by atoms with Crippen LogP contribution in [0.15, 0.2) is 0 Å². The van der Waals surface area contributed by atoms with E-state index in [2.05, 4.69) is 25.9 Å². The summed E-state index contributed by atoms with van der Waals surface area (Å²) in [6, 6.07) is -0.372. The lowest BCUT2D eigenvalue weighted by atomic mass is 10.0. The molecule has 8 nitrogen and oxygen atoms in total. The molecule has 0 spiro atoms. The average molecular weight is 252 g/mol. The number of carbonyl (C=O) groups excluding carboxylic acids is 2. The van der Waals surface area contributed by atoms with Gasteiger partial charge in [-0.3, -0.25) is 9.59 Å². The van der Waals surface area contributed by atoms with Gasteiger partial charge >= 0.3 is 0 Å². The van der Waals surface area contributed by atoms with E-state index in [1.54, 1.807) is 4.90 Å². The van der Waals surface area contributed by atoms with Crippen LogP contribution in [0.4, 0.5) is 0 Å². The first-order chi connectivity index (χ1) is 8.68. The third kappa shape index (κ3) is 2.82. The van der Waals surface area contributed by atoms with E-state index < -0.39 is 0 Å². The van der Waals surface area contributed by atoms with Gasteiger partial charge in [-0.2, -0.15) is 5.21 Å². The first-order valence-electron chi connectivity index (χ1n) is 5.95. The second-order valence-corrected chi connectivity index (χ2v) is 4.27. The van der Waals surface area contributed by atoms with Crippen LogP contribution in [0.25, 0.3) is 0 Å². The number of likely N-dealkylation sites (tertiary alicyclic amines) is 1. The second kappa shape index (κ2) is 5.56. The zero-order valence-electron chi connectivity index (χ0n) is 10.2. The molecule has 2 rings (SSSR count). The van der Waals surface area contributed by atoms with Crippen LogP contribution in [0.3, 0.4) is 0 Å². The minimum absolute atomic E-state index is 0.0607. The highest BCUT2D eigenvalue weighted by molar-refractivity contribution is 5.87. The fourth-order valence-electron chi connectivity index (χ4n) is 2.12.